The molecule has 0 radical (unpaired) electrons. The number of nitrogens with one attached hydrogen (secondary N) is 1. The number of benzene rings is 2. The Morgan fingerprint density at radius 1 is 1.11 bits per heavy atom. The fourth-order valence-corrected chi connectivity index (χ4v) is 3.51. The Hall–Kier alpha value is -2.87. The molecular weight excluding hydrogens is 368 g/mol. The minimum absolute atomic E-state index is 0.0896. The molecule has 0 spiro atoms. The SMILES string of the molecule is Cc1cc(C)c(C(=O)O)cc1NC(=O)c1cc([N+](=O)[O-])ccc1SC(C)C. The minimum atomic E-state index is -1.09. The van der Waals surface area contributed by atoms with Crippen molar-refractivity contribution < 1.29 is 19.6 Å². The molecule has 0 aromatic heterocycles. The van der Waals surface area contributed by atoms with Gasteiger partial charge in [-0.1, -0.05) is 19.9 Å². The van der Waals surface area contributed by atoms with Crippen molar-refractivity contribution in [1.29, 1.82) is 0 Å². The maximum Gasteiger partial charge on any atom is 0.336 e. The Balaban J connectivity index is 2.45. The summed E-state index contributed by atoms with van der Waals surface area (Å²) >= 11 is 1.42. The predicted molar refractivity (Wildman–Crippen MR) is 105 cm³/mol. The normalized spacial score (nSPS) is 10.7. The smallest absolute Gasteiger partial charge is 0.336 e. The maximum atomic E-state index is 12.8. The van der Waals surface area contributed by atoms with Crippen LogP contribution in [0.4, 0.5) is 11.4 Å². The van der Waals surface area contributed by atoms with Crippen molar-refractivity contribution in [3.8, 4) is 0 Å². The fraction of sp³-hybridized carbons (Fsp3) is 0.263. The monoisotopic (exact) mass is 388 g/mol. The van der Waals surface area contributed by atoms with Crippen LogP contribution in [0.2, 0.25) is 0 Å². The summed E-state index contributed by atoms with van der Waals surface area (Å²) in [7, 11) is 0. The topological polar surface area (TPSA) is 110 Å². The van der Waals surface area contributed by atoms with Crippen molar-refractivity contribution in [2.75, 3.05) is 5.32 Å². The molecule has 1 amide bonds. The van der Waals surface area contributed by atoms with Crippen molar-refractivity contribution in [3.05, 3.63) is 62.7 Å². The van der Waals surface area contributed by atoms with E-state index in [2.05, 4.69) is 5.32 Å². The van der Waals surface area contributed by atoms with E-state index in [1.807, 2.05) is 13.8 Å². The van der Waals surface area contributed by atoms with Crippen LogP contribution in [0.3, 0.4) is 0 Å². The second-order valence-electron chi connectivity index (χ2n) is 6.35. The molecule has 0 aliphatic heterocycles. The van der Waals surface area contributed by atoms with Crippen LogP contribution in [0.5, 0.6) is 0 Å². The molecule has 2 aromatic carbocycles. The van der Waals surface area contributed by atoms with Gasteiger partial charge in [0, 0.05) is 28.0 Å². The lowest BCUT2D eigenvalue weighted by atomic mass is 10.0. The number of carbonyl (C=O) groups is 2. The van der Waals surface area contributed by atoms with Gasteiger partial charge in [-0.2, -0.15) is 0 Å². The highest BCUT2D eigenvalue weighted by molar-refractivity contribution is 8.00. The molecule has 2 rings (SSSR count). The van der Waals surface area contributed by atoms with Crippen LogP contribution in [-0.4, -0.2) is 27.2 Å². The van der Waals surface area contributed by atoms with E-state index in [1.165, 1.54) is 30.0 Å². The number of non-ortho nitro benzene ring substituents is 1. The van der Waals surface area contributed by atoms with Gasteiger partial charge in [0.05, 0.1) is 16.1 Å². The number of amides is 1. The van der Waals surface area contributed by atoms with Crippen LogP contribution in [0.1, 0.15) is 45.7 Å². The van der Waals surface area contributed by atoms with Crippen molar-refractivity contribution >= 4 is 35.0 Å². The van der Waals surface area contributed by atoms with Gasteiger partial charge in [0.1, 0.15) is 0 Å². The number of carbonyl (C=O) groups excluding carboxylic acids is 1. The lowest BCUT2D eigenvalue weighted by molar-refractivity contribution is -0.384. The van der Waals surface area contributed by atoms with Gasteiger partial charge in [-0.25, -0.2) is 4.79 Å². The molecule has 142 valence electrons. The van der Waals surface area contributed by atoms with Crippen molar-refractivity contribution in [1.82, 2.24) is 0 Å². The summed E-state index contributed by atoms with van der Waals surface area (Å²) in [4.78, 5) is 35.3. The summed E-state index contributed by atoms with van der Waals surface area (Å²) in [5, 5.41) is 23.2. The zero-order valence-electron chi connectivity index (χ0n) is 15.4. The molecule has 27 heavy (non-hydrogen) atoms. The van der Waals surface area contributed by atoms with Gasteiger partial charge >= 0.3 is 5.97 Å². The van der Waals surface area contributed by atoms with Gasteiger partial charge in [0.15, 0.2) is 0 Å². The number of hydrogen-bond donors (Lipinski definition) is 2. The van der Waals surface area contributed by atoms with E-state index in [9.17, 15) is 24.8 Å². The van der Waals surface area contributed by atoms with Crippen molar-refractivity contribution in [2.24, 2.45) is 0 Å². The highest BCUT2D eigenvalue weighted by Gasteiger charge is 2.19. The summed E-state index contributed by atoms with van der Waals surface area (Å²) in [6, 6.07) is 7.24. The predicted octanol–water partition coefficient (Wildman–Crippen LogP) is 4.66. The zero-order chi connectivity index (χ0) is 20.3. The Labute approximate surface area is 160 Å². The summed E-state index contributed by atoms with van der Waals surface area (Å²) < 4.78 is 0. The molecule has 7 nitrogen and oxygen atoms in total. The number of rotatable bonds is 6. The average molecular weight is 388 g/mol. The van der Waals surface area contributed by atoms with Crippen LogP contribution >= 0.6 is 11.8 Å². The Morgan fingerprint density at radius 2 is 1.78 bits per heavy atom. The summed E-state index contributed by atoms with van der Waals surface area (Å²) in [5.74, 6) is -1.61. The number of nitro groups is 1. The van der Waals surface area contributed by atoms with Gasteiger partial charge in [0.25, 0.3) is 11.6 Å². The van der Waals surface area contributed by atoms with Crippen LogP contribution in [0.15, 0.2) is 35.2 Å². The van der Waals surface area contributed by atoms with E-state index in [1.54, 1.807) is 26.0 Å². The van der Waals surface area contributed by atoms with Crippen molar-refractivity contribution in [3.63, 3.8) is 0 Å². The van der Waals surface area contributed by atoms with E-state index in [-0.39, 0.29) is 22.1 Å². The number of carboxylic acids is 1. The number of nitro benzene ring substituents is 1. The first kappa shape index (κ1) is 20.4. The number of hydrogen-bond acceptors (Lipinski definition) is 5. The largest absolute Gasteiger partial charge is 0.478 e. The molecule has 0 bridgehead atoms. The molecule has 0 fully saturated rings. The average Bonchev–Trinajstić information content (AvgIpc) is 2.56. The first-order chi connectivity index (χ1) is 12.6. The standard InChI is InChI=1S/C19H20N2O5S/c1-10(2)27-17-6-5-13(21(25)26)8-15(17)18(22)20-16-9-14(19(23)24)11(3)7-12(16)4/h5-10H,1-4H3,(H,20,22)(H,23,24). The maximum absolute atomic E-state index is 12.8. The third-order valence-corrected chi connectivity index (χ3v) is 4.91. The Kier molecular flexibility index (Phi) is 6.22. The highest BCUT2D eigenvalue weighted by Crippen LogP contribution is 2.31. The third kappa shape index (κ3) is 4.85. The van der Waals surface area contributed by atoms with Crippen LogP contribution in [0, 0.1) is 24.0 Å². The van der Waals surface area contributed by atoms with E-state index in [4.69, 9.17) is 0 Å². The van der Waals surface area contributed by atoms with Crippen LogP contribution in [-0.2, 0) is 0 Å². The van der Waals surface area contributed by atoms with Gasteiger partial charge in [0.2, 0.25) is 0 Å². The van der Waals surface area contributed by atoms with Gasteiger partial charge in [-0.15, -0.1) is 11.8 Å². The second kappa shape index (κ2) is 8.22. The Morgan fingerprint density at radius 3 is 2.33 bits per heavy atom. The number of aryl methyl sites for hydroxylation is 2. The van der Waals surface area contributed by atoms with Gasteiger partial charge in [-0.05, 0) is 37.1 Å². The summed E-state index contributed by atoms with van der Waals surface area (Å²) in [5.41, 5.74) is 1.74. The van der Waals surface area contributed by atoms with E-state index < -0.39 is 16.8 Å². The van der Waals surface area contributed by atoms with Gasteiger partial charge < -0.3 is 10.4 Å². The second-order valence-corrected chi connectivity index (χ2v) is 7.96. The molecule has 0 heterocycles. The molecule has 2 aromatic rings. The first-order valence-electron chi connectivity index (χ1n) is 8.21. The number of nitrogens with zero attached hydrogens (tertiary/aromatic N) is 1. The van der Waals surface area contributed by atoms with E-state index in [0.717, 1.165) is 0 Å². The molecule has 2 N–H and O–H groups in total. The third-order valence-electron chi connectivity index (χ3n) is 3.83. The molecule has 0 aliphatic rings. The number of aromatic carboxylic acids is 1. The highest BCUT2D eigenvalue weighted by atomic mass is 32.2. The number of anilines is 1. The number of carboxylic acid groups (broad SMARTS) is 1. The lowest BCUT2D eigenvalue weighted by Crippen LogP contribution is -2.15. The molecule has 8 heteroatoms. The summed E-state index contributed by atoms with van der Waals surface area (Å²) in [6.45, 7) is 7.35. The van der Waals surface area contributed by atoms with Crippen molar-refractivity contribution in [2.45, 2.75) is 37.8 Å². The van der Waals surface area contributed by atoms with Crippen LogP contribution < -0.4 is 5.32 Å². The zero-order valence-corrected chi connectivity index (χ0v) is 16.2. The quantitative estimate of drug-likeness (QED) is 0.423. The Bertz CT molecular complexity index is 925. The van der Waals surface area contributed by atoms with Crippen LogP contribution in [0.25, 0.3) is 0 Å². The molecule has 0 saturated carbocycles. The first-order valence-corrected chi connectivity index (χ1v) is 9.09. The molecular formula is C19H20N2O5S. The lowest BCUT2D eigenvalue weighted by Gasteiger charge is -2.14. The molecule has 0 unspecified atom stereocenters. The minimum Gasteiger partial charge on any atom is -0.478 e. The molecule has 0 atom stereocenters. The summed E-state index contributed by atoms with van der Waals surface area (Å²) in [6.07, 6.45) is 0. The molecule has 0 saturated heterocycles. The molecule has 0 aliphatic carbocycles. The fourth-order valence-electron chi connectivity index (χ4n) is 2.57. The number of thioether (sulfide) groups is 1. The van der Waals surface area contributed by atoms with Gasteiger partial charge in [-0.3, -0.25) is 14.9 Å². The van der Waals surface area contributed by atoms with E-state index >= 15 is 0 Å². The van der Waals surface area contributed by atoms with E-state index in [0.29, 0.717) is 21.7 Å².